The van der Waals surface area contributed by atoms with Crippen LogP contribution < -0.4 is 4.74 Å². The lowest BCUT2D eigenvalue weighted by atomic mass is 10.2. The molecule has 2 aromatic rings. The summed E-state index contributed by atoms with van der Waals surface area (Å²) < 4.78 is 8.70. The molecule has 0 saturated heterocycles. The molecule has 1 unspecified atom stereocenters. The molecule has 1 heterocycles. The lowest BCUT2D eigenvalue weighted by molar-refractivity contribution is 0.320. The number of hydrogen-bond acceptors (Lipinski definition) is 2. The first-order valence-corrected chi connectivity index (χ1v) is 6.95. The third kappa shape index (κ3) is 2.29. The van der Waals surface area contributed by atoms with E-state index in [0.29, 0.717) is 6.04 Å². The van der Waals surface area contributed by atoms with Crippen molar-refractivity contribution in [2.75, 3.05) is 6.61 Å². The number of nitrogens with one attached hydrogen (secondary N) is 1. The van der Waals surface area contributed by atoms with Gasteiger partial charge >= 0.3 is 0 Å². The first-order valence-electron chi connectivity index (χ1n) is 6.55. The Kier molecular flexibility index (Phi) is 4.07. The number of H-pyrrole nitrogens is 1. The van der Waals surface area contributed by atoms with Crippen molar-refractivity contribution >= 4 is 23.3 Å². The van der Waals surface area contributed by atoms with Crippen LogP contribution in [0.15, 0.2) is 18.2 Å². The molecule has 0 spiro atoms. The zero-order valence-corrected chi connectivity index (χ0v) is 12.0. The highest BCUT2D eigenvalue weighted by Crippen LogP contribution is 2.28. The first-order chi connectivity index (χ1) is 8.69. The Balaban J connectivity index is 2.56. The molecule has 1 aromatic heterocycles. The number of hydrogen-bond donors (Lipinski definition) is 1. The normalized spacial score (nSPS) is 12.8. The van der Waals surface area contributed by atoms with Gasteiger partial charge in [-0.05, 0) is 44.1 Å². The number of para-hydroxylation sites is 1. The van der Waals surface area contributed by atoms with Gasteiger partial charge in [-0.15, -0.1) is 0 Å². The molecule has 0 bridgehead atoms. The second kappa shape index (κ2) is 5.57. The van der Waals surface area contributed by atoms with Gasteiger partial charge in [0.05, 0.1) is 12.1 Å². The van der Waals surface area contributed by atoms with Crippen LogP contribution in [0.25, 0.3) is 11.0 Å². The van der Waals surface area contributed by atoms with Crippen molar-refractivity contribution in [3.05, 3.63) is 23.0 Å². The minimum atomic E-state index is 0.396. The van der Waals surface area contributed by atoms with Gasteiger partial charge in [0.15, 0.2) is 4.77 Å². The van der Waals surface area contributed by atoms with Gasteiger partial charge in [0.2, 0.25) is 0 Å². The van der Waals surface area contributed by atoms with E-state index in [1.54, 1.807) is 0 Å². The zero-order valence-electron chi connectivity index (χ0n) is 11.2. The smallest absolute Gasteiger partial charge is 0.178 e. The van der Waals surface area contributed by atoms with E-state index in [-0.39, 0.29) is 0 Å². The van der Waals surface area contributed by atoms with Crippen molar-refractivity contribution in [3.63, 3.8) is 0 Å². The van der Waals surface area contributed by atoms with Gasteiger partial charge in [-0.1, -0.05) is 19.9 Å². The van der Waals surface area contributed by atoms with Crippen molar-refractivity contribution in [1.29, 1.82) is 0 Å². The number of nitrogens with zero attached hydrogens (tertiary/aromatic N) is 1. The first kappa shape index (κ1) is 13.1. The molecule has 0 saturated carbocycles. The molecule has 3 nitrogen and oxygen atoms in total. The van der Waals surface area contributed by atoms with Crippen molar-refractivity contribution < 1.29 is 4.74 Å². The van der Waals surface area contributed by atoms with Crippen LogP contribution in [0, 0.1) is 4.77 Å². The van der Waals surface area contributed by atoms with E-state index >= 15 is 0 Å². The standard InChI is InChI=1S/C14H20N2OS/c1-4-9-17-12-8-6-7-11-13(12)15-14(18)16(11)10(3)5-2/h6-8,10H,4-5,9H2,1-3H3,(H,15,18). The number of ether oxygens (including phenoxy) is 1. The van der Waals surface area contributed by atoms with Gasteiger partial charge in [0.1, 0.15) is 11.3 Å². The lowest BCUT2D eigenvalue weighted by Gasteiger charge is -2.12. The molecule has 1 atom stereocenters. The van der Waals surface area contributed by atoms with Gasteiger partial charge in [-0.2, -0.15) is 0 Å². The van der Waals surface area contributed by atoms with Crippen LogP contribution in [-0.4, -0.2) is 16.2 Å². The Labute approximate surface area is 113 Å². The Morgan fingerprint density at radius 1 is 1.39 bits per heavy atom. The van der Waals surface area contributed by atoms with E-state index in [0.717, 1.165) is 41.0 Å². The van der Waals surface area contributed by atoms with Gasteiger partial charge in [0.25, 0.3) is 0 Å². The summed E-state index contributed by atoms with van der Waals surface area (Å²) in [7, 11) is 0. The maximum Gasteiger partial charge on any atom is 0.178 e. The maximum absolute atomic E-state index is 5.76. The summed E-state index contributed by atoms with van der Waals surface area (Å²) in [6, 6.07) is 6.50. The van der Waals surface area contributed by atoms with Gasteiger partial charge in [0, 0.05) is 6.04 Å². The highest BCUT2D eigenvalue weighted by atomic mass is 32.1. The summed E-state index contributed by atoms with van der Waals surface area (Å²) in [5, 5.41) is 0. The summed E-state index contributed by atoms with van der Waals surface area (Å²) >= 11 is 5.42. The fraction of sp³-hybridized carbons (Fsp3) is 0.500. The van der Waals surface area contributed by atoms with Crippen molar-refractivity contribution in [3.8, 4) is 5.75 Å². The van der Waals surface area contributed by atoms with Crippen LogP contribution in [0.5, 0.6) is 5.75 Å². The summed E-state index contributed by atoms with van der Waals surface area (Å²) in [4.78, 5) is 3.27. The van der Waals surface area contributed by atoms with Crippen LogP contribution in [0.4, 0.5) is 0 Å². The monoisotopic (exact) mass is 264 g/mol. The largest absolute Gasteiger partial charge is 0.491 e. The van der Waals surface area contributed by atoms with Gasteiger partial charge in [-0.3, -0.25) is 0 Å². The molecule has 98 valence electrons. The van der Waals surface area contributed by atoms with E-state index in [9.17, 15) is 0 Å². The maximum atomic E-state index is 5.76. The van der Waals surface area contributed by atoms with E-state index in [1.807, 2.05) is 12.1 Å². The third-order valence-corrected chi connectivity index (χ3v) is 3.51. The van der Waals surface area contributed by atoms with E-state index in [2.05, 4.69) is 36.4 Å². The number of rotatable bonds is 5. The average Bonchev–Trinajstić information content (AvgIpc) is 2.72. The van der Waals surface area contributed by atoms with Crippen LogP contribution in [0.3, 0.4) is 0 Å². The van der Waals surface area contributed by atoms with Gasteiger partial charge in [-0.25, -0.2) is 0 Å². The number of fused-ring (bicyclic) bond motifs is 1. The van der Waals surface area contributed by atoms with Crippen molar-refractivity contribution in [1.82, 2.24) is 9.55 Å². The predicted molar refractivity (Wildman–Crippen MR) is 77.9 cm³/mol. The lowest BCUT2D eigenvalue weighted by Crippen LogP contribution is -2.03. The van der Waals surface area contributed by atoms with Crippen LogP contribution in [0.1, 0.15) is 39.7 Å². The minimum Gasteiger partial charge on any atom is -0.491 e. The van der Waals surface area contributed by atoms with Crippen LogP contribution in [-0.2, 0) is 0 Å². The molecule has 1 aromatic carbocycles. The Hall–Kier alpha value is -1.29. The summed E-state index contributed by atoms with van der Waals surface area (Å²) in [5.74, 6) is 0.891. The molecule has 0 fully saturated rings. The average molecular weight is 264 g/mol. The summed E-state index contributed by atoms with van der Waals surface area (Å²) in [6.45, 7) is 7.19. The SMILES string of the molecule is CCCOc1cccc2c1[nH]c(=S)n2C(C)CC. The van der Waals surface area contributed by atoms with Crippen LogP contribution >= 0.6 is 12.2 Å². The quantitative estimate of drug-likeness (QED) is 0.808. The topological polar surface area (TPSA) is 29.9 Å². The minimum absolute atomic E-state index is 0.396. The number of benzene rings is 1. The molecule has 0 amide bonds. The molecular formula is C14H20N2OS. The highest BCUT2D eigenvalue weighted by Gasteiger charge is 2.12. The number of imidazole rings is 1. The second-order valence-electron chi connectivity index (χ2n) is 4.56. The molecule has 0 radical (unpaired) electrons. The molecular weight excluding hydrogens is 244 g/mol. The fourth-order valence-electron chi connectivity index (χ4n) is 2.07. The predicted octanol–water partition coefficient (Wildman–Crippen LogP) is 4.46. The molecule has 0 aliphatic heterocycles. The van der Waals surface area contributed by atoms with Gasteiger partial charge < -0.3 is 14.3 Å². The molecule has 1 N–H and O–H groups in total. The van der Waals surface area contributed by atoms with Crippen molar-refractivity contribution in [2.45, 2.75) is 39.7 Å². The third-order valence-electron chi connectivity index (χ3n) is 3.21. The van der Waals surface area contributed by atoms with Crippen molar-refractivity contribution in [2.24, 2.45) is 0 Å². The van der Waals surface area contributed by atoms with Crippen LogP contribution in [0.2, 0.25) is 0 Å². The molecule has 18 heavy (non-hydrogen) atoms. The van der Waals surface area contributed by atoms with E-state index in [4.69, 9.17) is 17.0 Å². The second-order valence-corrected chi connectivity index (χ2v) is 4.94. The molecule has 0 aliphatic rings. The number of aromatic nitrogens is 2. The summed E-state index contributed by atoms with van der Waals surface area (Å²) in [6.07, 6.45) is 2.06. The summed E-state index contributed by atoms with van der Waals surface area (Å²) in [5.41, 5.74) is 2.14. The molecule has 0 aliphatic carbocycles. The Bertz CT molecular complexity index is 585. The Morgan fingerprint density at radius 2 is 2.17 bits per heavy atom. The Morgan fingerprint density at radius 3 is 2.83 bits per heavy atom. The number of aromatic amines is 1. The van der Waals surface area contributed by atoms with E-state index < -0.39 is 0 Å². The molecule has 4 heteroatoms. The van der Waals surface area contributed by atoms with E-state index in [1.165, 1.54) is 0 Å². The highest BCUT2D eigenvalue weighted by molar-refractivity contribution is 7.71. The zero-order chi connectivity index (χ0) is 13.1. The fourth-order valence-corrected chi connectivity index (χ4v) is 2.46. The molecule has 2 rings (SSSR count).